The number of nitrogens with zero attached hydrogens (tertiary/aromatic N) is 1. The smallest absolute Gasteiger partial charge is 0.308 e. The second-order valence-corrected chi connectivity index (χ2v) is 7.31. The van der Waals surface area contributed by atoms with Crippen molar-refractivity contribution in [3.63, 3.8) is 0 Å². The zero-order chi connectivity index (χ0) is 18.1. The number of carboxylic acids is 1. The molecule has 0 aliphatic heterocycles. The number of nitrogens with one attached hydrogen (secondary N) is 1. The summed E-state index contributed by atoms with van der Waals surface area (Å²) in [4.78, 5) is 37.4. The minimum atomic E-state index is -0.897. The Kier molecular flexibility index (Phi) is 4.79. The van der Waals surface area contributed by atoms with Gasteiger partial charge in [0.25, 0.3) is 5.91 Å². The standard InChI is InChI=1S/C19H24N2O4/c1-11-9-16(11)17(22)20-14-5-3-13(4-6-14)18(23)21(15-7-8-15)10-12(2)19(24)25/h3-6,11-12,15-16H,7-10H2,1-2H3,(H,20,22)(H,24,25). The molecule has 3 atom stereocenters. The second kappa shape index (κ2) is 6.86. The molecule has 134 valence electrons. The van der Waals surface area contributed by atoms with Crippen LogP contribution in [-0.4, -0.2) is 40.4 Å². The molecule has 0 radical (unpaired) electrons. The lowest BCUT2D eigenvalue weighted by Crippen LogP contribution is -2.38. The minimum absolute atomic E-state index is 0.0291. The van der Waals surface area contributed by atoms with E-state index >= 15 is 0 Å². The minimum Gasteiger partial charge on any atom is -0.481 e. The lowest BCUT2D eigenvalue weighted by atomic mass is 10.1. The van der Waals surface area contributed by atoms with Crippen molar-refractivity contribution < 1.29 is 19.5 Å². The topological polar surface area (TPSA) is 86.7 Å². The van der Waals surface area contributed by atoms with Crippen molar-refractivity contribution in [3.8, 4) is 0 Å². The predicted molar refractivity (Wildman–Crippen MR) is 93.2 cm³/mol. The number of aliphatic carboxylic acids is 1. The van der Waals surface area contributed by atoms with E-state index in [0.717, 1.165) is 19.3 Å². The van der Waals surface area contributed by atoms with Crippen LogP contribution in [0.15, 0.2) is 24.3 Å². The molecular weight excluding hydrogens is 320 g/mol. The van der Waals surface area contributed by atoms with Crippen molar-refractivity contribution in [2.75, 3.05) is 11.9 Å². The summed E-state index contributed by atoms with van der Waals surface area (Å²) in [5.41, 5.74) is 1.19. The van der Waals surface area contributed by atoms with E-state index in [1.165, 1.54) is 0 Å². The molecule has 6 nitrogen and oxygen atoms in total. The molecule has 2 aliphatic carbocycles. The summed E-state index contributed by atoms with van der Waals surface area (Å²) in [6.07, 6.45) is 2.78. The molecule has 1 aromatic carbocycles. The van der Waals surface area contributed by atoms with E-state index < -0.39 is 11.9 Å². The van der Waals surface area contributed by atoms with E-state index in [4.69, 9.17) is 5.11 Å². The number of hydrogen-bond acceptors (Lipinski definition) is 3. The lowest BCUT2D eigenvalue weighted by Gasteiger charge is -2.24. The molecule has 0 aromatic heterocycles. The van der Waals surface area contributed by atoms with E-state index in [1.54, 1.807) is 36.1 Å². The van der Waals surface area contributed by atoms with Gasteiger partial charge in [0.15, 0.2) is 0 Å². The second-order valence-electron chi connectivity index (χ2n) is 7.31. The van der Waals surface area contributed by atoms with Gasteiger partial charge < -0.3 is 15.3 Å². The predicted octanol–water partition coefficient (Wildman–Crippen LogP) is 2.61. The number of anilines is 1. The van der Waals surface area contributed by atoms with Gasteiger partial charge in [0.1, 0.15) is 0 Å². The largest absolute Gasteiger partial charge is 0.481 e. The Bertz CT molecular complexity index is 681. The Labute approximate surface area is 147 Å². The van der Waals surface area contributed by atoms with Crippen LogP contribution < -0.4 is 5.32 Å². The normalized spacial score (nSPS) is 22.8. The molecule has 25 heavy (non-hydrogen) atoms. The summed E-state index contributed by atoms with van der Waals surface area (Å²) in [5.74, 6) is -1.06. The van der Waals surface area contributed by atoms with Crippen molar-refractivity contribution in [2.45, 2.75) is 39.2 Å². The summed E-state index contributed by atoms with van der Waals surface area (Å²) in [6.45, 7) is 3.88. The highest BCUT2D eigenvalue weighted by Gasteiger charge is 2.39. The van der Waals surface area contributed by atoms with Gasteiger partial charge in [-0.15, -0.1) is 0 Å². The van der Waals surface area contributed by atoms with Gasteiger partial charge in [-0.05, 0) is 49.4 Å². The highest BCUT2D eigenvalue weighted by molar-refractivity contribution is 5.97. The zero-order valence-electron chi connectivity index (χ0n) is 14.6. The monoisotopic (exact) mass is 344 g/mol. The molecule has 2 N–H and O–H groups in total. The van der Waals surface area contributed by atoms with Crippen LogP contribution >= 0.6 is 0 Å². The first-order valence-electron chi connectivity index (χ1n) is 8.81. The summed E-state index contributed by atoms with van der Waals surface area (Å²) >= 11 is 0. The van der Waals surface area contributed by atoms with Crippen molar-refractivity contribution >= 4 is 23.5 Å². The average molecular weight is 344 g/mol. The maximum absolute atomic E-state index is 12.7. The first kappa shape index (κ1) is 17.5. The molecule has 2 amide bonds. The number of rotatable bonds is 7. The van der Waals surface area contributed by atoms with Crippen molar-refractivity contribution in [1.82, 2.24) is 4.90 Å². The zero-order valence-corrected chi connectivity index (χ0v) is 14.6. The van der Waals surface area contributed by atoms with E-state index in [0.29, 0.717) is 17.2 Å². The van der Waals surface area contributed by atoms with Crippen molar-refractivity contribution in [3.05, 3.63) is 29.8 Å². The molecule has 0 saturated heterocycles. The lowest BCUT2D eigenvalue weighted by molar-refractivity contribution is -0.141. The summed E-state index contributed by atoms with van der Waals surface area (Å²) in [6, 6.07) is 6.97. The van der Waals surface area contributed by atoms with E-state index in [-0.39, 0.29) is 30.3 Å². The molecule has 2 aliphatic rings. The van der Waals surface area contributed by atoms with E-state index in [1.807, 2.05) is 0 Å². The Balaban J connectivity index is 1.64. The van der Waals surface area contributed by atoms with Crippen LogP contribution in [-0.2, 0) is 9.59 Å². The fourth-order valence-corrected chi connectivity index (χ4v) is 2.94. The number of carbonyl (C=O) groups is 3. The fourth-order valence-electron chi connectivity index (χ4n) is 2.94. The van der Waals surface area contributed by atoms with Crippen molar-refractivity contribution in [2.24, 2.45) is 17.8 Å². The molecular formula is C19H24N2O4. The van der Waals surface area contributed by atoms with Crippen LogP contribution in [0.2, 0.25) is 0 Å². The average Bonchev–Trinajstić information content (AvgIpc) is 3.48. The number of amides is 2. The molecule has 0 bridgehead atoms. The quantitative estimate of drug-likeness (QED) is 0.796. The highest BCUT2D eigenvalue weighted by Crippen LogP contribution is 2.38. The van der Waals surface area contributed by atoms with Gasteiger partial charge in [-0.1, -0.05) is 13.8 Å². The molecule has 1 aromatic rings. The van der Waals surface area contributed by atoms with Crippen LogP contribution in [0.25, 0.3) is 0 Å². The van der Waals surface area contributed by atoms with E-state index in [9.17, 15) is 14.4 Å². The Hall–Kier alpha value is -2.37. The molecule has 3 rings (SSSR count). The molecule has 2 fully saturated rings. The van der Waals surface area contributed by atoms with Gasteiger partial charge >= 0.3 is 5.97 Å². The summed E-state index contributed by atoms with van der Waals surface area (Å²) in [7, 11) is 0. The maximum atomic E-state index is 12.7. The Morgan fingerprint density at radius 3 is 2.32 bits per heavy atom. The van der Waals surface area contributed by atoms with Crippen LogP contribution in [0.3, 0.4) is 0 Å². The molecule has 2 saturated carbocycles. The maximum Gasteiger partial charge on any atom is 0.308 e. The number of hydrogen-bond donors (Lipinski definition) is 2. The third-order valence-electron chi connectivity index (χ3n) is 4.99. The highest BCUT2D eigenvalue weighted by atomic mass is 16.4. The van der Waals surface area contributed by atoms with Crippen LogP contribution in [0, 0.1) is 17.8 Å². The molecule has 3 unspecified atom stereocenters. The van der Waals surface area contributed by atoms with Gasteiger partial charge in [0, 0.05) is 29.8 Å². The SMILES string of the molecule is CC(CN(C(=O)c1ccc(NC(=O)C2CC2C)cc1)C1CC1)C(=O)O. The third kappa shape index (κ3) is 4.18. The molecule has 6 heteroatoms. The molecule has 0 heterocycles. The van der Waals surface area contributed by atoms with Gasteiger partial charge in [0.2, 0.25) is 5.91 Å². The van der Waals surface area contributed by atoms with E-state index in [2.05, 4.69) is 12.2 Å². The summed E-state index contributed by atoms with van der Waals surface area (Å²) < 4.78 is 0. The number of benzene rings is 1. The van der Waals surface area contributed by atoms with Crippen LogP contribution in [0.4, 0.5) is 5.69 Å². The van der Waals surface area contributed by atoms with Gasteiger partial charge in [-0.25, -0.2) is 0 Å². The molecule has 0 spiro atoms. The van der Waals surface area contributed by atoms with Gasteiger partial charge in [-0.3, -0.25) is 14.4 Å². The third-order valence-corrected chi connectivity index (χ3v) is 4.99. The van der Waals surface area contributed by atoms with Gasteiger partial charge in [-0.2, -0.15) is 0 Å². The first-order chi connectivity index (χ1) is 11.9. The fraction of sp³-hybridized carbons (Fsp3) is 0.526. The van der Waals surface area contributed by atoms with Crippen LogP contribution in [0.1, 0.15) is 43.5 Å². The van der Waals surface area contributed by atoms with Crippen LogP contribution in [0.5, 0.6) is 0 Å². The Morgan fingerprint density at radius 2 is 1.84 bits per heavy atom. The Morgan fingerprint density at radius 1 is 1.24 bits per heavy atom. The number of carbonyl (C=O) groups excluding carboxylic acids is 2. The number of carboxylic acid groups (broad SMARTS) is 1. The van der Waals surface area contributed by atoms with Gasteiger partial charge in [0.05, 0.1) is 5.92 Å². The van der Waals surface area contributed by atoms with Crippen molar-refractivity contribution in [1.29, 1.82) is 0 Å². The first-order valence-corrected chi connectivity index (χ1v) is 8.81. The summed E-state index contributed by atoms with van der Waals surface area (Å²) in [5, 5.41) is 12.0.